The van der Waals surface area contributed by atoms with Gasteiger partial charge < -0.3 is 0 Å². The number of rotatable bonds is 4. The van der Waals surface area contributed by atoms with Gasteiger partial charge >= 0.3 is 5.92 Å². The highest BCUT2D eigenvalue weighted by Gasteiger charge is 2.53. The zero-order chi connectivity index (χ0) is 18.2. The molecule has 0 saturated carbocycles. The molecule has 1 aromatic carbocycles. The van der Waals surface area contributed by atoms with Crippen LogP contribution in [0.25, 0.3) is 0 Å². The number of hydrogen-bond donors (Lipinski definition) is 0. The van der Waals surface area contributed by atoms with E-state index in [1.54, 1.807) is 6.92 Å². The summed E-state index contributed by atoms with van der Waals surface area (Å²) in [5, 5.41) is 0. The zero-order valence-electron chi connectivity index (χ0n) is 13.0. The second-order valence-corrected chi connectivity index (χ2v) is 7.08. The molecule has 0 saturated heterocycles. The summed E-state index contributed by atoms with van der Waals surface area (Å²) in [5.41, 5.74) is -0.545. The summed E-state index contributed by atoms with van der Waals surface area (Å²) in [5.74, 6) is -4.88. The first-order valence-corrected chi connectivity index (χ1v) is 8.66. The fraction of sp³-hybridized carbons (Fsp3) is 0.250. The molecule has 0 amide bonds. The van der Waals surface area contributed by atoms with Crippen LogP contribution in [0.1, 0.15) is 11.1 Å². The number of halogens is 3. The van der Waals surface area contributed by atoms with Gasteiger partial charge in [-0.25, -0.2) is 4.98 Å². The third kappa shape index (κ3) is 3.29. The molecule has 1 unspecified atom stereocenters. The highest BCUT2D eigenvalue weighted by Crippen LogP contribution is 2.34. The van der Waals surface area contributed by atoms with Gasteiger partial charge in [-0.15, -0.1) is 0 Å². The summed E-state index contributed by atoms with van der Waals surface area (Å²) in [6, 6.07) is 7.97. The monoisotopic (exact) mass is 370 g/mol. The summed E-state index contributed by atoms with van der Waals surface area (Å²) >= 11 is 0. The molecule has 2 heterocycles. The smallest absolute Gasteiger partial charge is 0.280 e. The van der Waals surface area contributed by atoms with Gasteiger partial charge in [0, 0.05) is 6.20 Å². The second kappa shape index (κ2) is 6.23. The topological polar surface area (TPSA) is 68.6 Å². The van der Waals surface area contributed by atoms with E-state index in [1.165, 1.54) is 30.3 Å². The first kappa shape index (κ1) is 17.6. The summed E-state index contributed by atoms with van der Waals surface area (Å²) < 4.78 is 71.8. The SMILES string of the molecule is Cc1ccc(S(=O)(=O)OC2CN=C(c3cccnc3F)C2(F)F)cc1. The van der Waals surface area contributed by atoms with E-state index in [4.69, 9.17) is 4.18 Å². The van der Waals surface area contributed by atoms with Crippen LogP contribution < -0.4 is 0 Å². The molecule has 0 N–H and O–H groups in total. The van der Waals surface area contributed by atoms with E-state index in [-0.39, 0.29) is 4.90 Å². The molecule has 5 nitrogen and oxygen atoms in total. The minimum Gasteiger partial charge on any atom is -0.280 e. The van der Waals surface area contributed by atoms with Gasteiger partial charge in [-0.2, -0.15) is 21.6 Å². The number of aliphatic imine (C=N–C) groups is 1. The van der Waals surface area contributed by atoms with Crippen LogP contribution in [0.3, 0.4) is 0 Å². The maximum Gasteiger partial charge on any atom is 0.318 e. The van der Waals surface area contributed by atoms with Gasteiger partial charge in [0.25, 0.3) is 10.1 Å². The number of nitrogens with zero attached hydrogens (tertiary/aromatic N) is 2. The maximum absolute atomic E-state index is 14.5. The number of alkyl halides is 2. The molecule has 132 valence electrons. The lowest BCUT2D eigenvalue weighted by molar-refractivity contribution is -0.0201. The molecule has 0 bridgehead atoms. The Hall–Kier alpha value is -2.26. The molecular formula is C16H13F3N2O3S. The fourth-order valence-corrected chi connectivity index (χ4v) is 3.45. The van der Waals surface area contributed by atoms with Gasteiger partial charge in [0.1, 0.15) is 5.71 Å². The minimum absolute atomic E-state index is 0.241. The van der Waals surface area contributed by atoms with Gasteiger partial charge in [0.15, 0.2) is 6.10 Å². The Labute approximate surface area is 142 Å². The van der Waals surface area contributed by atoms with Gasteiger partial charge in [-0.3, -0.25) is 9.18 Å². The summed E-state index contributed by atoms with van der Waals surface area (Å²) in [6.45, 7) is 1.15. The average molecular weight is 370 g/mol. The molecule has 1 aliphatic rings. The van der Waals surface area contributed by atoms with Crippen molar-refractivity contribution < 1.29 is 25.8 Å². The molecule has 9 heteroatoms. The van der Waals surface area contributed by atoms with Crippen molar-refractivity contribution in [1.29, 1.82) is 0 Å². The molecule has 1 atom stereocenters. The van der Waals surface area contributed by atoms with Crippen LogP contribution in [0, 0.1) is 12.9 Å². The molecule has 0 spiro atoms. The van der Waals surface area contributed by atoms with E-state index in [0.29, 0.717) is 0 Å². The molecule has 1 aliphatic heterocycles. The molecule has 0 fully saturated rings. The van der Waals surface area contributed by atoms with Crippen molar-refractivity contribution >= 4 is 15.8 Å². The van der Waals surface area contributed by atoms with E-state index in [1.807, 2.05) is 0 Å². The van der Waals surface area contributed by atoms with E-state index in [9.17, 15) is 21.6 Å². The quantitative estimate of drug-likeness (QED) is 0.613. The van der Waals surface area contributed by atoms with Crippen molar-refractivity contribution in [3.8, 4) is 0 Å². The molecule has 0 aliphatic carbocycles. The van der Waals surface area contributed by atoms with Gasteiger partial charge in [0.05, 0.1) is 17.0 Å². The van der Waals surface area contributed by atoms with Crippen molar-refractivity contribution in [1.82, 2.24) is 4.98 Å². The third-order valence-electron chi connectivity index (χ3n) is 3.70. The Morgan fingerprint density at radius 1 is 1.20 bits per heavy atom. The predicted molar refractivity (Wildman–Crippen MR) is 83.8 cm³/mol. The van der Waals surface area contributed by atoms with Gasteiger partial charge in [-0.1, -0.05) is 17.7 Å². The van der Waals surface area contributed by atoms with Crippen molar-refractivity contribution in [3.05, 3.63) is 59.7 Å². The summed E-state index contributed by atoms with van der Waals surface area (Å²) in [4.78, 5) is 6.65. The Morgan fingerprint density at radius 3 is 2.52 bits per heavy atom. The van der Waals surface area contributed by atoms with Crippen LogP contribution in [0.15, 0.2) is 52.5 Å². The second-order valence-electron chi connectivity index (χ2n) is 5.51. The van der Waals surface area contributed by atoms with E-state index in [0.717, 1.165) is 17.8 Å². The highest BCUT2D eigenvalue weighted by atomic mass is 32.2. The standard InChI is InChI=1S/C16H13F3N2O3S/c1-10-4-6-11(7-5-10)25(22,23)24-13-9-21-14(16(13,18)19)12-3-2-8-20-15(12)17/h2-8,13H,9H2,1H3. The van der Waals surface area contributed by atoms with Crippen LogP contribution in [0.5, 0.6) is 0 Å². The Bertz CT molecular complexity index is 928. The van der Waals surface area contributed by atoms with Crippen LogP contribution >= 0.6 is 0 Å². The number of pyridine rings is 1. The fourth-order valence-electron chi connectivity index (χ4n) is 2.38. The Kier molecular flexibility index (Phi) is 4.38. The van der Waals surface area contributed by atoms with Crippen molar-refractivity contribution in [2.24, 2.45) is 4.99 Å². The zero-order valence-corrected chi connectivity index (χ0v) is 13.8. The maximum atomic E-state index is 14.5. The van der Waals surface area contributed by atoms with E-state index in [2.05, 4.69) is 9.98 Å². The molecule has 0 radical (unpaired) electrons. The lowest BCUT2D eigenvalue weighted by Crippen LogP contribution is -2.41. The first-order chi connectivity index (χ1) is 11.7. The normalized spacial score (nSPS) is 19.7. The molecule has 25 heavy (non-hydrogen) atoms. The van der Waals surface area contributed by atoms with E-state index < -0.39 is 45.9 Å². The largest absolute Gasteiger partial charge is 0.318 e. The van der Waals surface area contributed by atoms with Crippen molar-refractivity contribution in [2.75, 3.05) is 6.54 Å². The molecule has 3 rings (SSSR count). The van der Waals surface area contributed by atoms with Crippen LogP contribution in [-0.2, 0) is 14.3 Å². The van der Waals surface area contributed by atoms with E-state index >= 15 is 0 Å². The Balaban J connectivity index is 1.86. The molecule has 1 aromatic heterocycles. The van der Waals surface area contributed by atoms with Crippen LogP contribution in [-0.4, -0.2) is 37.7 Å². The number of hydrogen-bond acceptors (Lipinski definition) is 5. The first-order valence-electron chi connectivity index (χ1n) is 7.25. The third-order valence-corrected chi connectivity index (χ3v) is 5.04. The summed E-state index contributed by atoms with van der Waals surface area (Å²) in [7, 11) is -4.41. The number of benzene rings is 1. The van der Waals surface area contributed by atoms with Crippen molar-refractivity contribution in [2.45, 2.75) is 23.8 Å². The molecular weight excluding hydrogens is 357 g/mol. The summed E-state index contributed by atoms with van der Waals surface area (Å²) in [6.07, 6.45) is -0.934. The lowest BCUT2D eigenvalue weighted by Gasteiger charge is -2.20. The molecule has 2 aromatic rings. The predicted octanol–water partition coefficient (Wildman–Crippen LogP) is 2.74. The van der Waals surface area contributed by atoms with Crippen molar-refractivity contribution in [3.63, 3.8) is 0 Å². The van der Waals surface area contributed by atoms with Crippen LogP contribution in [0.4, 0.5) is 13.2 Å². The lowest BCUT2D eigenvalue weighted by atomic mass is 10.0. The van der Waals surface area contributed by atoms with Crippen LogP contribution in [0.2, 0.25) is 0 Å². The van der Waals surface area contributed by atoms with Gasteiger partial charge in [-0.05, 0) is 31.2 Å². The number of aryl methyl sites for hydroxylation is 1. The highest BCUT2D eigenvalue weighted by molar-refractivity contribution is 7.86. The Morgan fingerprint density at radius 2 is 1.88 bits per heavy atom. The minimum atomic E-state index is -4.41. The average Bonchev–Trinajstić information content (AvgIpc) is 2.83. The number of aromatic nitrogens is 1. The van der Waals surface area contributed by atoms with Gasteiger partial charge in [0.2, 0.25) is 5.95 Å².